The molecule has 0 aliphatic carbocycles. The number of carbonyl (C=O) groups is 4. The molecule has 0 bridgehead atoms. The van der Waals surface area contributed by atoms with E-state index in [0.717, 1.165) is 81.9 Å². The summed E-state index contributed by atoms with van der Waals surface area (Å²) in [4.78, 5) is 57.4. The lowest BCUT2D eigenvalue weighted by atomic mass is 9.90. The molecule has 16 rings (SSSR count). The number of hydrogen-bond donors (Lipinski definition) is 0. The van der Waals surface area contributed by atoms with Gasteiger partial charge >= 0.3 is 49.1 Å². The summed E-state index contributed by atoms with van der Waals surface area (Å²) in [5.41, 5.74) is 8.49. The van der Waals surface area contributed by atoms with Crippen molar-refractivity contribution in [3.8, 4) is 67.5 Å². The van der Waals surface area contributed by atoms with Gasteiger partial charge in [-0.2, -0.15) is 52.7 Å². The Hall–Kier alpha value is -14.1. The minimum absolute atomic E-state index is 0.00928. The zero-order valence-corrected chi connectivity index (χ0v) is 83.9. The van der Waals surface area contributed by atoms with Crippen molar-refractivity contribution in [2.75, 3.05) is 35.0 Å². The Labute approximate surface area is 841 Å². The smallest absolute Gasteiger partial charge is 0.416 e. The zero-order chi connectivity index (χ0) is 106. The van der Waals surface area contributed by atoms with Gasteiger partial charge in [0, 0.05) is 34.4 Å². The third-order valence-corrected chi connectivity index (χ3v) is 26.8. The van der Waals surface area contributed by atoms with Crippen LogP contribution < -0.4 is 18.9 Å². The molecular weight excluding hydrogens is 1910 g/mol. The number of amides is 4. The summed E-state index contributed by atoms with van der Waals surface area (Å²) >= 11 is 0. The zero-order valence-electron chi connectivity index (χ0n) is 83.9. The predicted molar refractivity (Wildman–Crippen MR) is 532 cm³/mol. The van der Waals surface area contributed by atoms with Crippen LogP contribution in [-0.2, 0) is 95.5 Å². The normalized spacial score (nSPS) is 17.3. The summed E-state index contributed by atoms with van der Waals surface area (Å²) in [5, 5.41) is 0. The highest BCUT2D eigenvalue weighted by Gasteiger charge is 2.49. The van der Waals surface area contributed by atoms with Crippen molar-refractivity contribution in [2.24, 2.45) is 0 Å². The number of halogens is 14. The van der Waals surface area contributed by atoms with E-state index in [1.807, 2.05) is 213 Å². The van der Waals surface area contributed by atoms with Gasteiger partial charge in [0.25, 0.3) is 0 Å². The Morgan fingerprint density at radius 2 is 0.630 bits per heavy atom. The van der Waals surface area contributed by atoms with Gasteiger partial charge in [0.05, 0.1) is 101 Å². The van der Waals surface area contributed by atoms with Gasteiger partial charge in [0.2, 0.25) is 0 Å². The molecule has 0 unspecified atom stereocenters. The van der Waals surface area contributed by atoms with E-state index in [2.05, 4.69) is 13.8 Å². The van der Waals surface area contributed by atoms with E-state index < -0.39 is 101 Å². The van der Waals surface area contributed by atoms with Gasteiger partial charge in [-0.3, -0.25) is 19.6 Å². The lowest BCUT2D eigenvalue weighted by molar-refractivity contribution is -0.138. The number of hydrogen-bond acceptors (Lipinski definition) is 12. The Morgan fingerprint density at radius 3 is 0.938 bits per heavy atom. The van der Waals surface area contributed by atoms with Crippen LogP contribution in [0.2, 0.25) is 0 Å². The minimum Gasteiger partial charge on any atom is -0.496 e. The average Bonchev–Trinajstić information content (AvgIpc) is 1.51. The van der Waals surface area contributed by atoms with Gasteiger partial charge in [-0.15, -0.1) is 0 Å². The molecule has 4 fully saturated rings. The molecule has 30 heteroatoms. The molecule has 6 atom stereocenters. The first kappa shape index (κ1) is 109. The lowest BCUT2D eigenvalue weighted by Crippen LogP contribution is -2.43. The average molecular weight is 2030 g/mol. The van der Waals surface area contributed by atoms with E-state index in [4.69, 9.17) is 37.9 Å². The quantitative estimate of drug-likeness (QED) is 0.0338. The number of alkyl halides is 12. The summed E-state index contributed by atoms with van der Waals surface area (Å²) in [6.07, 6.45) is -19.3. The van der Waals surface area contributed by atoms with Crippen LogP contribution in [0.5, 0.6) is 23.0 Å². The molecule has 4 aliphatic rings. The Morgan fingerprint density at radius 1 is 0.329 bits per heavy atom. The summed E-state index contributed by atoms with van der Waals surface area (Å²) < 4.78 is 238. The highest BCUT2D eigenvalue weighted by atomic mass is 19.4. The molecule has 4 amide bonds. The monoisotopic (exact) mass is 2020 g/mol. The molecule has 4 aliphatic heterocycles. The van der Waals surface area contributed by atoms with E-state index in [1.165, 1.54) is 79.5 Å². The van der Waals surface area contributed by atoms with Crippen molar-refractivity contribution in [1.29, 1.82) is 0 Å². The molecule has 772 valence electrons. The number of nitrogens with zero attached hydrogens (tertiary/aromatic N) is 4. The van der Waals surface area contributed by atoms with Crippen molar-refractivity contribution in [1.82, 2.24) is 19.6 Å². The van der Waals surface area contributed by atoms with Gasteiger partial charge < -0.3 is 37.9 Å². The standard InChI is InChI=1S/C30H32F3NO3.2C29H29F4NO3.C28H28F3NO3/c1-19(2)21-11-14-26(36-5)25(17-21)24-13-12-23(30(31,32)33)16-22(24)18-34-27(29(3,4)37-28(34)35)15-20-9-7-6-8-10-20;2*1-17(2)23-14-24(27(36-4)15-25(23)30)22-11-10-21(29(31,32)33)13-20(22)16-34-26(18(3)37-28(34)35)12-19-8-6-5-7-9-19;1-18(2)20-9-12-26(34-3)25(15-20)24-11-10-22(28(29,30)31)14-21(24)16-32-23(17-35-27(32)33)13-19-7-5-4-6-8-19/h6-14,16-17,19,27H,15,18H2,1-5H3;2*5-11,13-15,17-18,26H,12,16H2,1-4H3;4-12,14-15,18,23H,13,16-17H2,1-3H3/t27-;18-,26+;18-,26-;23-/m0101/s1. The first-order chi connectivity index (χ1) is 69.0. The maximum absolute atomic E-state index is 14.7. The molecule has 146 heavy (non-hydrogen) atoms. The van der Waals surface area contributed by atoms with Crippen LogP contribution in [0.1, 0.15) is 196 Å². The fourth-order valence-electron chi connectivity index (χ4n) is 18.7. The van der Waals surface area contributed by atoms with Crippen LogP contribution in [-0.4, -0.2) is 121 Å². The highest BCUT2D eigenvalue weighted by Crippen LogP contribution is 2.48. The van der Waals surface area contributed by atoms with Gasteiger partial charge in [0.1, 0.15) is 59.0 Å². The molecule has 4 heterocycles. The molecule has 4 saturated heterocycles. The van der Waals surface area contributed by atoms with Crippen molar-refractivity contribution in [3.63, 3.8) is 0 Å². The maximum atomic E-state index is 14.7. The fraction of sp³-hybridized carbons (Fsp3) is 0.345. The van der Waals surface area contributed by atoms with Gasteiger partial charge in [-0.25, -0.2) is 28.0 Å². The van der Waals surface area contributed by atoms with Crippen LogP contribution in [0.25, 0.3) is 44.5 Å². The summed E-state index contributed by atoms with van der Waals surface area (Å²) in [6.45, 7) is 22.7. The van der Waals surface area contributed by atoms with Crippen LogP contribution in [0.15, 0.2) is 255 Å². The Bertz CT molecular complexity index is 6380. The summed E-state index contributed by atoms with van der Waals surface area (Å²) in [6, 6.07) is 68.3. The predicted octanol–water partition coefficient (Wildman–Crippen LogP) is 30.1. The van der Waals surface area contributed by atoms with Gasteiger partial charge in [0.15, 0.2) is 0 Å². The summed E-state index contributed by atoms with van der Waals surface area (Å²) in [5.74, 6) is 0.707. The largest absolute Gasteiger partial charge is 0.496 e. The molecule has 0 saturated carbocycles. The number of methoxy groups -OCH3 is 4. The SMILES string of the molecule is COc1cc(F)c(C(C)C)cc1-c1ccc(C(F)(F)F)cc1CN1C(=O)O[C@@H](C)[C@@H]1Cc1ccccc1.COc1cc(F)c(C(C)C)cc1-c1ccc(C(F)(F)F)cc1CN1C(=O)O[C@H](C)[C@@H]1Cc1ccccc1.COc1ccc(C(C)C)cc1-c1ccc(C(F)(F)F)cc1CN1C(=O)OC(C)(C)[C@@H]1Cc1ccccc1.COc1ccc(C(C)C)cc1-c1ccc(C(F)(F)F)cc1CN1C(=O)OC[C@H]1Cc1ccccc1. The van der Waals surface area contributed by atoms with E-state index in [-0.39, 0.29) is 103 Å². The topological polar surface area (TPSA) is 155 Å². The second-order valence-corrected chi connectivity index (χ2v) is 38.5. The second-order valence-electron chi connectivity index (χ2n) is 38.5. The van der Waals surface area contributed by atoms with Crippen molar-refractivity contribution >= 4 is 24.4 Å². The van der Waals surface area contributed by atoms with E-state index >= 15 is 0 Å². The second kappa shape index (κ2) is 46.1. The van der Waals surface area contributed by atoms with Crippen LogP contribution >= 0.6 is 0 Å². The number of cyclic esters (lactones) is 4. The number of rotatable bonds is 28. The molecule has 16 nitrogen and oxygen atoms in total. The first-order valence-corrected chi connectivity index (χ1v) is 48.0. The van der Waals surface area contributed by atoms with Gasteiger partial charge in [-0.1, -0.05) is 213 Å². The highest BCUT2D eigenvalue weighted by molar-refractivity contribution is 5.81. The number of carbonyl (C=O) groups excluding carboxylic acids is 4. The van der Waals surface area contributed by atoms with Crippen molar-refractivity contribution in [2.45, 2.75) is 225 Å². The van der Waals surface area contributed by atoms with Crippen LogP contribution in [0.4, 0.5) is 80.6 Å². The van der Waals surface area contributed by atoms with E-state index in [1.54, 1.807) is 30.9 Å². The Balaban J connectivity index is 0.000000163. The summed E-state index contributed by atoms with van der Waals surface area (Å²) in [7, 11) is 5.83. The first-order valence-electron chi connectivity index (χ1n) is 48.0. The molecule has 12 aromatic rings. The number of benzene rings is 12. The van der Waals surface area contributed by atoms with E-state index in [9.17, 15) is 80.6 Å². The van der Waals surface area contributed by atoms with Crippen molar-refractivity contribution in [3.05, 3.63) is 355 Å². The Kier molecular flexibility index (Phi) is 34.5. The van der Waals surface area contributed by atoms with E-state index in [0.29, 0.717) is 104 Å². The fourth-order valence-corrected chi connectivity index (χ4v) is 18.7. The van der Waals surface area contributed by atoms with Crippen LogP contribution in [0, 0.1) is 11.6 Å². The number of ether oxygens (including phenoxy) is 8. The molecule has 0 spiro atoms. The molecule has 0 radical (unpaired) electrons. The molecule has 0 aromatic heterocycles. The molecule has 0 N–H and O–H groups in total. The molecular formula is C116H118F14N4O12. The van der Waals surface area contributed by atoms with Crippen molar-refractivity contribution < 1.29 is 119 Å². The lowest BCUT2D eigenvalue weighted by Gasteiger charge is -2.30. The minimum atomic E-state index is -4.58. The maximum Gasteiger partial charge on any atom is 0.416 e. The third kappa shape index (κ3) is 26.1. The third-order valence-electron chi connectivity index (χ3n) is 26.8. The van der Waals surface area contributed by atoms with Gasteiger partial charge in [-0.05, 0) is 251 Å². The van der Waals surface area contributed by atoms with Crippen LogP contribution in [0.3, 0.4) is 0 Å². The molecule has 12 aromatic carbocycles.